The monoisotopic (exact) mass is 1710 g/mol. The van der Waals surface area contributed by atoms with Crippen LogP contribution in [0.2, 0.25) is 0 Å². The van der Waals surface area contributed by atoms with Crippen molar-refractivity contribution in [2.24, 2.45) is 11.5 Å². The smallest absolute Gasteiger partial charge is 0.317 e. The van der Waals surface area contributed by atoms with Crippen molar-refractivity contribution in [3.63, 3.8) is 0 Å². The van der Waals surface area contributed by atoms with E-state index in [4.69, 9.17) is 16.9 Å². The van der Waals surface area contributed by atoms with Gasteiger partial charge in [-0.3, -0.25) is 87.0 Å². The van der Waals surface area contributed by atoms with E-state index in [0.29, 0.717) is 46.3 Å². The molecule has 3 saturated heterocycles. The Hall–Kier alpha value is -12.9. The number of fused-ring (bicyclic) bond motifs is 1. The quantitative estimate of drug-likeness (QED) is 0.0105. The Morgan fingerprint density at radius 3 is 1.79 bits per heavy atom. The fraction of sp³-hybridized carbons (Fsp3) is 0.543. The maximum Gasteiger partial charge on any atom is 0.317 e. The number of nitrogens with zero attached hydrogens (tertiary/aromatic N) is 5. The number of carbonyl (C=O) groups is 16. The molecular weight excluding hydrogens is 1600 g/mol. The van der Waals surface area contributed by atoms with Gasteiger partial charge in [-0.15, -0.1) is 0 Å². The summed E-state index contributed by atoms with van der Waals surface area (Å²) in [6.07, 6.45) is 7.10. The van der Waals surface area contributed by atoms with Crippen LogP contribution in [-0.2, 0) is 102 Å². The van der Waals surface area contributed by atoms with Crippen LogP contribution in [0.4, 0.5) is 0 Å². The average molecular weight is 1710 g/mol. The number of H-pyrrole nitrogens is 3. The van der Waals surface area contributed by atoms with Gasteiger partial charge in [0, 0.05) is 113 Å². The van der Waals surface area contributed by atoms with Crippen LogP contribution in [0.1, 0.15) is 152 Å². The van der Waals surface area contributed by atoms with E-state index in [-0.39, 0.29) is 167 Å². The molecule has 14 amide bonds. The Morgan fingerprint density at radius 2 is 1.16 bits per heavy atom. The number of guanidine groups is 1. The zero-order valence-corrected chi connectivity index (χ0v) is 69.0. The molecule has 6 heterocycles. The second kappa shape index (κ2) is 48.5. The minimum atomic E-state index is -1.55. The molecule has 3 aliphatic rings. The second-order valence-corrected chi connectivity index (χ2v) is 30.9. The molecule has 2 aromatic carbocycles. The summed E-state index contributed by atoms with van der Waals surface area (Å²) in [5.74, 6) is -14.4. The number of aromatic nitrogens is 5. The molecule has 42 nitrogen and oxygen atoms in total. The average Bonchev–Trinajstić information content (AvgIpc) is 1.67. The predicted octanol–water partition coefficient (Wildman–Crippen LogP) is -3.22. The van der Waals surface area contributed by atoms with Crippen LogP contribution in [-0.4, -0.2) is 280 Å². The molecule has 0 saturated carbocycles. The third-order valence-corrected chi connectivity index (χ3v) is 21.5. The second-order valence-electron chi connectivity index (χ2n) is 30.9. The lowest BCUT2D eigenvalue weighted by molar-refractivity contribution is -0.148. The Kier molecular flexibility index (Phi) is 37.7. The van der Waals surface area contributed by atoms with Crippen molar-refractivity contribution >= 4 is 112 Å². The van der Waals surface area contributed by atoms with Crippen LogP contribution < -0.4 is 75.3 Å². The van der Waals surface area contributed by atoms with Crippen LogP contribution in [0.25, 0.3) is 10.9 Å². The first-order valence-corrected chi connectivity index (χ1v) is 41.5. The molecule has 0 bridgehead atoms. The van der Waals surface area contributed by atoms with E-state index >= 15 is 24.0 Å². The minimum Gasteiger partial charge on any atom is -0.480 e. The number of benzene rings is 2. The molecule has 12 atom stereocenters. The van der Waals surface area contributed by atoms with Crippen LogP contribution in [0.15, 0.2) is 85.8 Å². The van der Waals surface area contributed by atoms with Gasteiger partial charge in [0.05, 0.1) is 25.7 Å². The number of likely N-dealkylation sites (tertiary alicyclic amines) is 2. The van der Waals surface area contributed by atoms with E-state index in [1.807, 2.05) is 6.92 Å². The summed E-state index contributed by atoms with van der Waals surface area (Å²) in [5.41, 5.74) is 13.8. The van der Waals surface area contributed by atoms with Crippen molar-refractivity contribution in [2.75, 3.05) is 52.4 Å². The number of primary amides is 1. The summed E-state index contributed by atoms with van der Waals surface area (Å²) in [6, 6.07) is -1.27. The fourth-order valence-corrected chi connectivity index (χ4v) is 15.1. The number of aromatic amines is 3. The number of carbonyl (C=O) groups excluding carboxylic acids is 14. The van der Waals surface area contributed by atoms with Crippen molar-refractivity contribution in [1.82, 2.24) is 103 Å². The molecule has 0 spiro atoms. The number of carboxylic acids is 2. The topological polar surface area (TPSA) is 637 Å². The lowest BCUT2D eigenvalue weighted by atomic mass is 10.0. The van der Waals surface area contributed by atoms with Crippen LogP contribution in [0, 0.1) is 5.41 Å². The van der Waals surface area contributed by atoms with Crippen molar-refractivity contribution in [2.45, 2.75) is 228 Å². The molecule has 5 aromatic rings. The molecule has 668 valence electrons. The number of aliphatic hydroxyl groups is 1. The van der Waals surface area contributed by atoms with Gasteiger partial charge < -0.3 is 115 Å². The lowest BCUT2D eigenvalue weighted by Crippen LogP contribution is -2.61. The van der Waals surface area contributed by atoms with Crippen molar-refractivity contribution < 1.29 is 92.0 Å². The number of hydrogen-bond donors (Lipinski definition) is 21. The summed E-state index contributed by atoms with van der Waals surface area (Å²) < 4.78 is 0. The number of rotatable bonds is 39. The largest absolute Gasteiger partial charge is 0.480 e. The van der Waals surface area contributed by atoms with Crippen LogP contribution in [0.5, 0.6) is 0 Å². The highest BCUT2D eigenvalue weighted by Gasteiger charge is 2.46. The highest BCUT2D eigenvalue weighted by atomic mass is 16.4. The summed E-state index contributed by atoms with van der Waals surface area (Å²) >= 11 is 0. The summed E-state index contributed by atoms with van der Waals surface area (Å²) in [6.45, 7) is 1.19. The zero-order valence-electron chi connectivity index (χ0n) is 69.0. The number of nitrogens with two attached hydrogens (primary N) is 2. The Morgan fingerprint density at radius 1 is 0.593 bits per heavy atom. The highest BCUT2D eigenvalue weighted by Crippen LogP contribution is 2.28. The first-order valence-electron chi connectivity index (χ1n) is 41.5. The number of amides is 14. The minimum absolute atomic E-state index is 0.00154. The molecular formula is C81H115N23O19. The van der Waals surface area contributed by atoms with E-state index in [2.05, 4.69) is 88.7 Å². The molecule has 3 fully saturated rings. The first kappa shape index (κ1) is 95.6. The van der Waals surface area contributed by atoms with Gasteiger partial charge in [0.2, 0.25) is 82.7 Å². The summed E-state index contributed by atoms with van der Waals surface area (Å²) in [5, 5.41) is 69.9. The third-order valence-electron chi connectivity index (χ3n) is 21.5. The Balaban J connectivity index is 1.07. The van der Waals surface area contributed by atoms with E-state index in [1.165, 1.54) is 34.8 Å². The molecule has 12 unspecified atom stereocenters. The van der Waals surface area contributed by atoms with Gasteiger partial charge in [0.25, 0.3) is 0 Å². The molecule has 3 aromatic heterocycles. The highest BCUT2D eigenvalue weighted by molar-refractivity contribution is 6.01. The van der Waals surface area contributed by atoms with Crippen LogP contribution in [0.3, 0.4) is 0 Å². The Bertz CT molecular complexity index is 4440. The molecule has 23 N–H and O–H groups in total. The molecule has 0 aliphatic carbocycles. The van der Waals surface area contributed by atoms with Gasteiger partial charge in [0.1, 0.15) is 72.5 Å². The molecule has 0 radical (unpaired) electrons. The van der Waals surface area contributed by atoms with E-state index < -0.39 is 187 Å². The molecule has 3 aliphatic heterocycles. The maximum absolute atomic E-state index is 15.7. The summed E-state index contributed by atoms with van der Waals surface area (Å²) in [7, 11) is 0. The van der Waals surface area contributed by atoms with Gasteiger partial charge in [0.15, 0.2) is 5.96 Å². The third kappa shape index (κ3) is 30.3. The van der Waals surface area contributed by atoms with Gasteiger partial charge in [-0.1, -0.05) is 68.3 Å². The standard InChI is InChI=1S/C81H115N23O19/c1-3-4-20-54(69(82)112)93-70(113)55(22-10-11-32-102(43-67(108)109)44-68(110)111)94-71(114)57(25-16-35-105)96-76(119)63(39-51-42-86-46-91-51)101-78(121)64-26-14-33-103(64)80(123)65-27-15-34-104(65)79(122)59-24-13-30-87-66(107)29-28-58(92-47(2)106)73(116)100-62(38-50-41-85-45-90-50)77(120)98-60(36-48-17-6-5-7-18-48)74(117)95-56(23-12-31-88-81(83)84)72(115)99-61(75(118)97-59)37-49-40-89-53-21-9-8-19-52(49)53/h5-9,17-19,21,40-42,45-46,54-65,89,105H,3-4,10-16,20,22-39,43-44H2,1-2H3,(H2,82,112)(H,85,90)(H,86,91)(H,87,107)(H,92,106)(H,93,113)(H,94,114)(H,95,117)(H,96,119)(H,97,118)(H,98,120)(H,99,115)(H,100,116)(H,101,121)(H,108,109)(H,110,111)(H4,83,84,88). The number of imidazole rings is 2. The zero-order chi connectivity index (χ0) is 89.1. The van der Waals surface area contributed by atoms with Gasteiger partial charge >= 0.3 is 11.9 Å². The molecule has 123 heavy (non-hydrogen) atoms. The normalized spacial score (nSPS) is 20.7. The Labute approximate surface area is 709 Å². The number of para-hydroxylation sites is 1. The van der Waals surface area contributed by atoms with Gasteiger partial charge in [-0.05, 0) is 120 Å². The fourth-order valence-electron chi connectivity index (χ4n) is 15.1. The number of aliphatic carboxylic acids is 2. The van der Waals surface area contributed by atoms with E-state index in [0.717, 1.165) is 11.8 Å². The first-order chi connectivity index (χ1) is 59.0. The molecule has 42 heteroatoms. The number of hydrogen-bond acceptors (Lipinski definition) is 21. The lowest BCUT2D eigenvalue weighted by Gasteiger charge is -2.34. The predicted molar refractivity (Wildman–Crippen MR) is 442 cm³/mol. The van der Waals surface area contributed by atoms with E-state index in [1.54, 1.807) is 60.8 Å². The van der Waals surface area contributed by atoms with Gasteiger partial charge in [-0.25, -0.2) is 9.97 Å². The van der Waals surface area contributed by atoms with Crippen molar-refractivity contribution in [3.8, 4) is 0 Å². The van der Waals surface area contributed by atoms with Crippen LogP contribution >= 0.6 is 0 Å². The van der Waals surface area contributed by atoms with Gasteiger partial charge in [-0.2, -0.15) is 0 Å². The van der Waals surface area contributed by atoms with Crippen molar-refractivity contribution in [3.05, 3.63) is 108 Å². The molecule has 8 rings (SSSR count). The SMILES string of the molecule is CCCCC(NC(=O)C(CCCCN(CC(=O)O)CC(=O)O)NC(=O)C(CCCO)NC(=O)C(Cc1cnc[nH]1)NC(=O)C1CCCN1C(=O)C1CCCN1C(=O)C1CCCNC(=O)CCC(NC(C)=O)C(=O)NC(Cc2cnc[nH]2)C(=O)NC(Cc2ccccc2)C(=O)NC(CCCNC(=N)N)C(=O)NC(Cc2c[nH]c3ccccc23)C(=O)N1)C(N)=O. The number of unbranched alkanes of at least 4 members (excludes halogenated alkanes) is 2. The number of aliphatic hydroxyl groups excluding tert-OH is 1. The number of carboxylic acid groups (broad SMARTS) is 2. The van der Waals surface area contributed by atoms with Crippen molar-refractivity contribution in [1.29, 1.82) is 5.41 Å². The number of nitrogens with one attached hydrogen (secondary N) is 16. The summed E-state index contributed by atoms with van der Waals surface area (Å²) in [4.78, 5) is 247. The maximum atomic E-state index is 15.7. The van der Waals surface area contributed by atoms with E-state index in [9.17, 15) is 68.1 Å².